The Labute approximate surface area is 188 Å². The fourth-order valence-corrected chi connectivity index (χ4v) is 4.06. The lowest BCUT2D eigenvalue weighted by molar-refractivity contribution is -0.116. The molecule has 7 heteroatoms. The summed E-state index contributed by atoms with van der Waals surface area (Å²) < 4.78 is 12.7. The smallest absolute Gasteiger partial charge is 0.244 e. The first-order valence-electron chi connectivity index (χ1n) is 10.8. The molecule has 1 aromatic carbocycles. The van der Waals surface area contributed by atoms with Crippen LogP contribution < -0.4 is 14.8 Å². The fraction of sp³-hybridized carbons (Fsp3) is 0.320. The van der Waals surface area contributed by atoms with E-state index in [1.54, 1.807) is 32.7 Å². The molecule has 32 heavy (non-hydrogen) atoms. The Morgan fingerprint density at radius 1 is 1.09 bits per heavy atom. The van der Waals surface area contributed by atoms with Crippen LogP contribution in [0.5, 0.6) is 11.5 Å². The third kappa shape index (κ3) is 4.99. The van der Waals surface area contributed by atoms with Crippen molar-refractivity contribution < 1.29 is 14.3 Å². The van der Waals surface area contributed by atoms with E-state index in [0.29, 0.717) is 24.1 Å². The molecule has 2 heterocycles. The van der Waals surface area contributed by atoms with Gasteiger partial charge < -0.3 is 14.8 Å². The van der Waals surface area contributed by atoms with Gasteiger partial charge in [0.1, 0.15) is 0 Å². The number of methoxy groups -OCH3 is 2. The minimum absolute atomic E-state index is 0.180. The molecule has 0 aliphatic heterocycles. The highest BCUT2D eigenvalue weighted by Crippen LogP contribution is 2.33. The van der Waals surface area contributed by atoms with Gasteiger partial charge in [-0.3, -0.25) is 14.5 Å². The number of carbonyl (C=O) groups excluding carboxylic acids is 1. The molecule has 1 fully saturated rings. The van der Waals surface area contributed by atoms with E-state index >= 15 is 0 Å². The van der Waals surface area contributed by atoms with Crippen LogP contribution in [0.15, 0.2) is 54.9 Å². The van der Waals surface area contributed by atoms with Crippen molar-refractivity contribution in [1.82, 2.24) is 20.1 Å². The Kier molecular flexibility index (Phi) is 6.84. The first-order valence-corrected chi connectivity index (χ1v) is 10.8. The first-order chi connectivity index (χ1) is 15.7. The van der Waals surface area contributed by atoms with Gasteiger partial charge in [0.25, 0.3) is 0 Å². The predicted molar refractivity (Wildman–Crippen MR) is 123 cm³/mol. The van der Waals surface area contributed by atoms with Crippen molar-refractivity contribution in [2.24, 2.45) is 0 Å². The van der Waals surface area contributed by atoms with E-state index in [0.717, 1.165) is 35.4 Å². The van der Waals surface area contributed by atoms with Gasteiger partial charge in [-0.1, -0.05) is 18.9 Å². The van der Waals surface area contributed by atoms with Gasteiger partial charge in [0.15, 0.2) is 11.5 Å². The van der Waals surface area contributed by atoms with Gasteiger partial charge >= 0.3 is 0 Å². The molecule has 1 amide bonds. The molecular weight excluding hydrogens is 404 g/mol. The monoisotopic (exact) mass is 432 g/mol. The number of nitrogens with zero attached hydrogens (tertiary/aromatic N) is 3. The van der Waals surface area contributed by atoms with E-state index in [4.69, 9.17) is 14.6 Å². The van der Waals surface area contributed by atoms with E-state index < -0.39 is 0 Å². The van der Waals surface area contributed by atoms with E-state index in [9.17, 15) is 4.79 Å². The summed E-state index contributed by atoms with van der Waals surface area (Å²) in [6.07, 6.45) is 11.6. The molecule has 0 spiro atoms. The fourth-order valence-electron chi connectivity index (χ4n) is 4.06. The summed E-state index contributed by atoms with van der Waals surface area (Å²) in [6.45, 7) is 0.368. The quantitative estimate of drug-likeness (QED) is 0.534. The lowest BCUT2D eigenvalue weighted by Crippen LogP contribution is -2.20. The number of hydrogen-bond donors (Lipinski definition) is 1. The highest BCUT2D eigenvalue weighted by molar-refractivity contribution is 5.91. The number of rotatable bonds is 8. The number of pyridine rings is 1. The van der Waals surface area contributed by atoms with Crippen LogP contribution in [-0.4, -0.2) is 34.9 Å². The summed E-state index contributed by atoms with van der Waals surface area (Å²) in [4.78, 5) is 16.5. The first kappa shape index (κ1) is 21.6. The molecule has 3 aromatic rings. The Hall–Kier alpha value is -3.61. The van der Waals surface area contributed by atoms with E-state index in [2.05, 4.69) is 21.0 Å². The molecule has 4 rings (SSSR count). The lowest BCUT2D eigenvalue weighted by Gasteiger charge is -2.14. The zero-order chi connectivity index (χ0) is 22.3. The molecule has 0 radical (unpaired) electrons. The van der Waals surface area contributed by atoms with Crippen LogP contribution >= 0.6 is 0 Å². The highest BCUT2D eigenvalue weighted by Gasteiger charge is 2.22. The van der Waals surface area contributed by atoms with Crippen molar-refractivity contribution in [3.63, 3.8) is 0 Å². The Morgan fingerprint density at radius 2 is 1.84 bits per heavy atom. The van der Waals surface area contributed by atoms with Crippen molar-refractivity contribution in [2.45, 2.75) is 38.3 Å². The maximum Gasteiger partial charge on any atom is 0.244 e. The minimum Gasteiger partial charge on any atom is -0.493 e. The normalized spacial score (nSPS) is 14.1. The van der Waals surface area contributed by atoms with Crippen molar-refractivity contribution in [3.05, 3.63) is 66.1 Å². The molecule has 0 atom stereocenters. The summed E-state index contributed by atoms with van der Waals surface area (Å²) in [5.41, 5.74) is 3.86. The Bertz CT molecular complexity index is 1090. The van der Waals surface area contributed by atoms with E-state index in [1.807, 2.05) is 30.3 Å². The van der Waals surface area contributed by atoms with E-state index in [-0.39, 0.29) is 5.91 Å². The number of carbonyl (C=O) groups is 1. The van der Waals surface area contributed by atoms with Crippen LogP contribution in [0.25, 0.3) is 17.3 Å². The number of aromatic nitrogens is 3. The molecule has 0 saturated heterocycles. The molecule has 1 aliphatic carbocycles. The second-order valence-electron chi connectivity index (χ2n) is 7.81. The molecule has 1 aliphatic rings. The third-order valence-electron chi connectivity index (χ3n) is 5.71. The largest absolute Gasteiger partial charge is 0.493 e. The molecule has 1 saturated carbocycles. The molecule has 7 nitrogen and oxygen atoms in total. The number of ether oxygens (including phenoxy) is 2. The van der Waals surface area contributed by atoms with Crippen molar-refractivity contribution in [1.29, 1.82) is 0 Å². The average Bonchev–Trinajstić information content (AvgIpc) is 3.51. The summed E-state index contributed by atoms with van der Waals surface area (Å²) in [7, 11) is 3.18. The van der Waals surface area contributed by atoms with Crippen LogP contribution in [0.4, 0.5) is 0 Å². The number of amides is 1. The van der Waals surface area contributed by atoms with Crippen molar-refractivity contribution in [3.8, 4) is 22.8 Å². The molecule has 0 unspecified atom stereocenters. The van der Waals surface area contributed by atoms with E-state index in [1.165, 1.54) is 18.9 Å². The standard InChI is InChI=1S/C25H28N4O3/c1-31-23-9-7-18(15-24(23)32-2)8-10-25(30)27-17-20-16-22(19-11-13-26-14-12-19)29(28-20)21-5-3-4-6-21/h7-16,21H,3-6,17H2,1-2H3,(H,27,30)/b10-8+. The van der Waals surface area contributed by atoms with Crippen molar-refractivity contribution in [2.75, 3.05) is 14.2 Å². The molecule has 0 bridgehead atoms. The second-order valence-corrected chi connectivity index (χ2v) is 7.81. The van der Waals surface area contributed by atoms with Gasteiger partial charge in [0.05, 0.1) is 38.2 Å². The molecule has 2 aromatic heterocycles. The Morgan fingerprint density at radius 3 is 2.56 bits per heavy atom. The molecule has 1 N–H and O–H groups in total. The summed E-state index contributed by atoms with van der Waals surface area (Å²) >= 11 is 0. The molecular formula is C25H28N4O3. The Balaban J connectivity index is 1.44. The number of benzene rings is 1. The maximum absolute atomic E-state index is 12.4. The third-order valence-corrected chi connectivity index (χ3v) is 5.71. The number of nitrogens with one attached hydrogen (secondary N) is 1. The van der Waals surface area contributed by atoms with Crippen LogP contribution in [0.1, 0.15) is 43.0 Å². The van der Waals surface area contributed by atoms with Crippen LogP contribution in [0.2, 0.25) is 0 Å². The van der Waals surface area contributed by atoms with Gasteiger partial charge in [-0.05, 0) is 54.8 Å². The van der Waals surface area contributed by atoms with Crippen LogP contribution in [-0.2, 0) is 11.3 Å². The SMILES string of the molecule is COc1ccc(/C=C/C(=O)NCc2cc(-c3ccncc3)n(C3CCCC3)n2)cc1OC. The average molecular weight is 433 g/mol. The summed E-state index contributed by atoms with van der Waals surface area (Å²) in [5.74, 6) is 1.09. The van der Waals surface area contributed by atoms with Crippen molar-refractivity contribution >= 4 is 12.0 Å². The number of hydrogen-bond acceptors (Lipinski definition) is 5. The second kappa shape index (κ2) is 10.1. The minimum atomic E-state index is -0.180. The van der Waals surface area contributed by atoms with Crippen LogP contribution in [0, 0.1) is 0 Å². The van der Waals surface area contributed by atoms with Gasteiger partial charge in [0, 0.05) is 24.0 Å². The zero-order valence-electron chi connectivity index (χ0n) is 18.5. The topological polar surface area (TPSA) is 78.3 Å². The predicted octanol–water partition coefficient (Wildman–Crippen LogP) is 4.41. The lowest BCUT2D eigenvalue weighted by atomic mass is 10.1. The highest BCUT2D eigenvalue weighted by atomic mass is 16.5. The maximum atomic E-state index is 12.4. The van der Waals surface area contributed by atoms with Gasteiger partial charge in [-0.25, -0.2) is 0 Å². The van der Waals surface area contributed by atoms with Gasteiger partial charge in [-0.15, -0.1) is 0 Å². The van der Waals surface area contributed by atoms with Gasteiger partial charge in [-0.2, -0.15) is 5.10 Å². The molecule has 166 valence electrons. The summed E-state index contributed by atoms with van der Waals surface area (Å²) in [6, 6.07) is 12.0. The van der Waals surface area contributed by atoms with Crippen LogP contribution in [0.3, 0.4) is 0 Å². The summed E-state index contributed by atoms with van der Waals surface area (Å²) in [5, 5.41) is 7.76. The zero-order valence-corrected chi connectivity index (χ0v) is 18.5. The van der Waals surface area contributed by atoms with Gasteiger partial charge in [0.2, 0.25) is 5.91 Å².